The van der Waals surface area contributed by atoms with Gasteiger partial charge in [0.05, 0.1) is 0 Å². The van der Waals surface area contributed by atoms with E-state index in [1.54, 1.807) is 10.8 Å². The number of hydrogen-bond donors (Lipinski definition) is 0. The van der Waals surface area contributed by atoms with E-state index in [0.29, 0.717) is 12.2 Å². The van der Waals surface area contributed by atoms with Gasteiger partial charge in [-0.15, -0.1) is 10.1 Å². The largest absolute Gasteiger partial charge is 0.313 e. The van der Waals surface area contributed by atoms with Crippen LogP contribution in [-0.2, 0) is 9.63 Å². The monoisotopic (exact) mass is 393 g/mol. The third kappa shape index (κ3) is 6.53. The zero-order valence-electron chi connectivity index (χ0n) is 15.0. The topological polar surface area (TPSA) is 69.4 Å². The number of benzene rings is 2. The molecule has 0 saturated carbocycles. The van der Waals surface area contributed by atoms with E-state index in [2.05, 4.69) is 42.1 Å². The van der Waals surface area contributed by atoms with Gasteiger partial charge in [0.15, 0.2) is 0 Å². The molecule has 26 heavy (non-hydrogen) atoms. The average Bonchev–Trinajstić information content (AvgIpc) is 2.62. The summed E-state index contributed by atoms with van der Waals surface area (Å²) in [5, 5.41) is 11.6. The van der Waals surface area contributed by atoms with Crippen LogP contribution >= 0.6 is 21.6 Å². The fraction of sp³-hybridized carbons (Fsp3) is 0.421. The standard InChI is InChI=1S/C19H23NO4S2/c1-14-5-6-18-13-16(7-8-17(18)12-14)15(2)19(21)4-3-10-25-26-11-9-24-20(22)23/h5-8,12-13,15H,3-4,9-11H2,1-2H3. The van der Waals surface area contributed by atoms with Gasteiger partial charge in [-0.25, -0.2) is 0 Å². The molecule has 0 bridgehead atoms. The Kier molecular flexibility index (Phi) is 8.25. The lowest BCUT2D eigenvalue weighted by molar-refractivity contribution is -0.756. The second-order valence-electron chi connectivity index (χ2n) is 6.10. The maximum atomic E-state index is 12.4. The van der Waals surface area contributed by atoms with E-state index in [1.807, 2.05) is 13.0 Å². The van der Waals surface area contributed by atoms with Crippen LogP contribution in [0.1, 0.15) is 36.8 Å². The molecule has 1 atom stereocenters. The van der Waals surface area contributed by atoms with E-state index in [9.17, 15) is 14.9 Å². The molecule has 0 heterocycles. The van der Waals surface area contributed by atoms with Crippen molar-refractivity contribution in [3.8, 4) is 0 Å². The molecule has 0 fully saturated rings. The molecule has 0 spiro atoms. The van der Waals surface area contributed by atoms with Crippen molar-refractivity contribution in [3.05, 3.63) is 57.6 Å². The van der Waals surface area contributed by atoms with Crippen molar-refractivity contribution in [1.82, 2.24) is 0 Å². The van der Waals surface area contributed by atoms with Crippen LogP contribution in [0.5, 0.6) is 0 Å². The summed E-state index contributed by atoms with van der Waals surface area (Å²) in [5.74, 6) is 1.55. The highest BCUT2D eigenvalue weighted by atomic mass is 33.1. The summed E-state index contributed by atoms with van der Waals surface area (Å²) < 4.78 is 0. The van der Waals surface area contributed by atoms with Gasteiger partial charge in [0.2, 0.25) is 0 Å². The van der Waals surface area contributed by atoms with Crippen LogP contribution in [0.2, 0.25) is 0 Å². The maximum absolute atomic E-state index is 12.4. The first kappa shape index (κ1) is 20.6. The minimum absolute atomic E-state index is 0.0993. The normalized spacial score (nSPS) is 12.1. The van der Waals surface area contributed by atoms with Gasteiger partial charge in [-0.05, 0) is 29.7 Å². The van der Waals surface area contributed by atoms with E-state index >= 15 is 0 Å². The summed E-state index contributed by atoms with van der Waals surface area (Å²) in [6, 6.07) is 12.6. The third-order valence-electron chi connectivity index (χ3n) is 4.10. The molecule has 0 aliphatic heterocycles. The van der Waals surface area contributed by atoms with Gasteiger partial charge in [0, 0.05) is 23.8 Å². The lowest BCUT2D eigenvalue weighted by Gasteiger charge is -2.12. The molecule has 0 saturated heterocycles. The molecule has 2 aromatic rings. The van der Waals surface area contributed by atoms with E-state index in [-0.39, 0.29) is 18.3 Å². The summed E-state index contributed by atoms with van der Waals surface area (Å²) >= 11 is 0. The molecular weight excluding hydrogens is 370 g/mol. The molecule has 1 unspecified atom stereocenters. The van der Waals surface area contributed by atoms with Crippen molar-refractivity contribution in [2.24, 2.45) is 0 Å². The Morgan fingerprint density at radius 1 is 1.15 bits per heavy atom. The molecular formula is C19H23NO4S2. The molecule has 2 rings (SSSR count). The van der Waals surface area contributed by atoms with Gasteiger partial charge >= 0.3 is 0 Å². The first-order chi connectivity index (χ1) is 12.5. The molecule has 0 aliphatic carbocycles. The summed E-state index contributed by atoms with van der Waals surface area (Å²) in [6.45, 7) is 4.14. The summed E-state index contributed by atoms with van der Waals surface area (Å²) in [7, 11) is 3.15. The first-order valence-corrected chi connectivity index (χ1v) is 11.0. The lowest BCUT2D eigenvalue weighted by Crippen LogP contribution is -2.09. The number of aryl methyl sites for hydroxylation is 1. The highest BCUT2D eigenvalue weighted by Crippen LogP contribution is 2.26. The van der Waals surface area contributed by atoms with Crippen LogP contribution in [0.15, 0.2) is 36.4 Å². The Bertz CT molecular complexity index is 766. The number of hydrogen-bond acceptors (Lipinski definition) is 6. The van der Waals surface area contributed by atoms with Crippen molar-refractivity contribution < 1.29 is 14.7 Å². The van der Waals surface area contributed by atoms with Crippen LogP contribution in [-0.4, -0.2) is 29.0 Å². The van der Waals surface area contributed by atoms with Crippen molar-refractivity contribution >= 4 is 38.1 Å². The molecule has 7 heteroatoms. The van der Waals surface area contributed by atoms with Crippen LogP contribution in [0.3, 0.4) is 0 Å². The molecule has 2 aromatic carbocycles. The minimum Gasteiger partial charge on any atom is -0.313 e. The van der Waals surface area contributed by atoms with Gasteiger partial charge in [0.25, 0.3) is 5.09 Å². The second kappa shape index (κ2) is 10.4. The first-order valence-electron chi connectivity index (χ1n) is 8.52. The quantitative estimate of drug-likeness (QED) is 0.226. The number of Topliss-reactive ketones (excluding diaryl/α,β-unsaturated/α-hetero) is 1. The Labute approximate surface area is 161 Å². The van der Waals surface area contributed by atoms with Crippen molar-refractivity contribution in [1.29, 1.82) is 0 Å². The number of ketones is 1. The Morgan fingerprint density at radius 3 is 2.62 bits per heavy atom. The van der Waals surface area contributed by atoms with Crippen molar-refractivity contribution in [2.75, 3.05) is 18.1 Å². The molecule has 0 radical (unpaired) electrons. The summed E-state index contributed by atoms with van der Waals surface area (Å²) in [4.78, 5) is 26.7. The van der Waals surface area contributed by atoms with E-state index in [0.717, 1.165) is 23.1 Å². The highest BCUT2D eigenvalue weighted by molar-refractivity contribution is 8.76. The molecule has 0 aromatic heterocycles. The van der Waals surface area contributed by atoms with Gasteiger partial charge in [0.1, 0.15) is 12.4 Å². The number of carbonyl (C=O) groups is 1. The summed E-state index contributed by atoms with van der Waals surface area (Å²) in [6.07, 6.45) is 1.36. The highest BCUT2D eigenvalue weighted by Gasteiger charge is 2.15. The molecule has 5 nitrogen and oxygen atoms in total. The zero-order valence-corrected chi connectivity index (χ0v) is 16.6. The Morgan fingerprint density at radius 2 is 1.85 bits per heavy atom. The lowest BCUT2D eigenvalue weighted by atomic mass is 9.92. The average molecular weight is 394 g/mol. The maximum Gasteiger partial charge on any atom is 0.294 e. The Balaban J connectivity index is 1.73. The van der Waals surface area contributed by atoms with Crippen molar-refractivity contribution in [2.45, 2.75) is 32.6 Å². The van der Waals surface area contributed by atoms with E-state index < -0.39 is 5.09 Å². The number of fused-ring (bicyclic) bond motifs is 1. The fourth-order valence-corrected chi connectivity index (χ4v) is 4.53. The van der Waals surface area contributed by atoms with E-state index in [1.165, 1.54) is 21.7 Å². The number of nitrogens with zero attached hydrogens (tertiary/aromatic N) is 1. The van der Waals surface area contributed by atoms with Crippen LogP contribution in [0, 0.1) is 17.0 Å². The number of carbonyl (C=O) groups excluding carboxylic acids is 1. The minimum atomic E-state index is -0.779. The van der Waals surface area contributed by atoms with Gasteiger partial charge in [-0.3, -0.25) is 4.79 Å². The smallest absolute Gasteiger partial charge is 0.294 e. The van der Waals surface area contributed by atoms with Crippen LogP contribution in [0.25, 0.3) is 10.8 Å². The molecule has 0 N–H and O–H groups in total. The van der Waals surface area contributed by atoms with Crippen molar-refractivity contribution in [3.63, 3.8) is 0 Å². The van der Waals surface area contributed by atoms with Gasteiger partial charge in [-0.1, -0.05) is 70.5 Å². The van der Waals surface area contributed by atoms with E-state index in [4.69, 9.17) is 0 Å². The molecule has 0 amide bonds. The zero-order chi connectivity index (χ0) is 18.9. The SMILES string of the molecule is Cc1ccc2cc(C(C)C(=O)CCCSSCCO[N+](=O)[O-])ccc2c1. The van der Waals surface area contributed by atoms with Gasteiger partial charge < -0.3 is 4.84 Å². The predicted octanol–water partition coefficient (Wildman–Crippen LogP) is 5.19. The van der Waals surface area contributed by atoms with Gasteiger partial charge in [-0.2, -0.15) is 0 Å². The molecule has 140 valence electrons. The third-order valence-corrected chi connectivity index (χ3v) is 6.56. The summed E-state index contributed by atoms with van der Waals surface area (Å²) in [5.41, 5.74) is 2.29. The predicted molar refractivity (Wildman–Crippen MR) is 109 cm³/mol. The van der Waals surface area contributed by atoms with Crippen LogP contribution < -0.4 is 0 Å². The molecule has 0 aliphatic rings. The van der Waals surface area contributed by atoms with Crippen LogP contribution in [0.4, 0.5) is 0 Å². The Hall–Kier alpha value is -1.73. The number of rotatable bonds is 11. The fourth-order valence-electron chi connectivity index (χ4n) is 2.62. The second-order valence-corrected chi connectivity index (χ2v) is 8.80.